The second kappa shape index (κ2) is 10.6. The van der Waals surface area contributed by atoms with E-state index in [1.807, 2.05) is 25.1 Å². The molecule has 0 bridgehead atoms. The third kappa shape index (κ3) is 5.96. The number of urea groups is 1. The number of hydrogen-bond donors (Lipinski definition) is 3. The number of aryl methyl sites for hydroxylation is 1. The quantitative estimate of drug-likeness (QED) is 0.315. The van der Waals surface area contributed by atoms with Gasteiger partial charge in [-0.15, -0.1) is 10.2 Å². The Kier molecular flexibility index (Phi) is 7.30. The minimum absolute atomic E-state index is 0.0832. The molecule has 3 amide bonds. The number of carbonyl (C=O) groups is 2. The summed E-state index contributed by atoms with van der Waals surface area (Å²) in [5, 5.41) is 13.2. The van der Waals surface area contributed by atoms with Crippen LogP contribution in [0.3, 0.4) is 0 Å². The Labute approximate surface area is 206 Å². The average Bonchev–Trinajstić information content (AvgIpc) is 3.42. The molecule has 0 fully saturated rings. The number of nitrogens with two attached hydrogens (primary N) is 1. The number of fused-ring (bicyclic) bond motifs is 1. The normalized spacial score (nSPS) is 12.0. The second-order valence-electron chi connectivity index (χ2n) is 8.11. The van der Waals surface area contributed by atoms with Gasteiger partial charge in [0.25, 0.3) is 0 Å². The highest BCUT2D eigenvalue weighted by atomic mass is 32.2. The van der Waals surface area contributed by atoms with Gasteiger partial charge in [0, 0.05) is 11.8 Å². The smallest absolute Gasteiger partial charge is 0.325 e. The fourth-order valence-electron chi connectivity index (χ4n) is 3.32. The molecule has 4 N–H and O–H groups in total. The molecule has 0 aliphatic carbocycles. The van der Waals surface area contributed by atoms with Crippen molar-refractivity contribution in [1.82, 2.24) is 20.2 Å². The summed E-state index contributed by atoms with van der Waals surface area (Å²) in [4.78, 5) is 24.3. The molecule has 1 aliphatic rings. The number of anilines is 1. The number of thioether (sulfide) groups is 1. The van der Waals surface area contributed by atoms with Gasteiger partial charge >= 0.3 is 6.03 Å². The van der Waals surface area contributed by atoms with Gasteiger partial charge in [0.2, 0.25) is 17.9 Å². The van der Waals surface area contributed by atoms with Crippen molar-refractivity contribution in [3.63, 3.8) is 0 Å². The Morgan fingerprint density at radius 3 is 2.77 bits per heavy atom. The predicted octanol–water partition coefficient (Wildman–Crippen LogP) is 3.17. The minimum Gasteiger partial charge on any atom is -0.485 e. The van der Waals surface area contributed by atoms with Gasteiger partial charge in [0.1, 0.15) is 12.4 Å². The van der Waals surface area contributed by atoms with Crippen LogP contribution >= 0.6 is 11.8 Å². The molecule has 1 aromatic heterocycles. The second-order valence-corrected chi connectivity index (χ2v) is 9.05. The van der Waals surface area contributed by atoms with E-state index < -0.39 is 11.9 Å². The van der Waals surface area contributed by atoms with Crippen LogP contribution in [0.4, 0.5) is 10.5 Å². The predicted molar refractivity (Wildman–Crippen MR) is 130 cm³/mol. The summed E-state index contributed by atoms with van der Waals surface area (Å²) >= 11 is 1.05. The maximum Gasteiger partial charge on any atom is 0.325 e. The third-order valence-electron chi connectivity index (χ3n) is 5.10. The van der Waals surface area contributed by atoms with Crippen molar-refractivity contribution < 1.29 is 23.8 Å². The first kappa shape index (κ1) is 24.2. The van der Waals surface area contributed by atoms with Crippen molar-refractivity contribution >= 4 is 29.4 Å². The molecule has 2 aromatic carbocycles. The SMILES string of the molecule is Cc1ccc(C(C)C)c(OCc2nnc(SCC(=O)NC(=O)Nc3ccc4c(c3)OCO4)n2N)c1. The number of aromatic nitrogens is 3. The molecule has 4 rings (SSSR count). The summed E-state index contributed by atoms with van der Waals surface area (Å²) in [6.45, 7) is 6.44. The lowest BCUT2D eigenvalue weighted by Crippen LogP contribution is -2.35. The van der Waals surface area contributed by atoms with E-state index in [1.165, 1.54) is 4.68 Å². The topological polar surface area (TPSA) is 143 Å². The number of nitrogens with one attached hydrogen (secondary N) is 2. The molecule has 1 aliphatic heterocycles. The number of nitrogen functional groups attached to an aromatic ring is 1. The van der Waals surface area contributed by atoms with Crippen molar-refractivity contribution in [3.8, 4) is 17.2 Å². The van der Waals surface area contributed by atoms with Crippen LogP contribution in [0.2, 0.25) is 0 Å². The Morgan fingerprint density at radius 1 is 1.17 bits per heavy atom. The van der Waals surface area contributed by atoms with Crippen LogP contribution in [0.1, 0.15) is 36.7 Å². The largest absolute Gasteiger partial charge is 0.485 e. The van der Waals surface area contributed by atoms with Crippen LogP contribution in [0.25, 0.3) is 0 Å². The van der Waals surface area contributed by atoms with Crippen molar-refractivity contribution in [2.24, 2.45) is 0 Å². The highest BCUT2D eigenvalue weighted by Crippen LogP contribution is 2.34. The highest BCUT2D eigenvalue weighted by molar-refractivity contribution is 7.99. The lowest BCUT2D eigenvalue weighted by atomic mass is 10.0. The van der Waals surface area contributed by atoms with Gasteiger partial charge < -0.3 is 25.4 Å². The van der Waals surface area contributed by atoms with Gasteiger partial charge in [-0.2, -0.15) is 0 Å². The zero-order chi connectivity index (χ0) is 24.9. The molecule has 0 unspecified atom stereocenters. The van der Waals surface area contributed by atoms with Crippen molar-refractivity contribution in [1.29, 1.82) is 0 Å². The van der Waals surface area contributed by atoms with Gasteiger partial charge in [-0.1, -0.05) is 37.7 Å². The minimum atomic E-state index is -0.670. The van der Waals surface area contributed by atoms with E-state index in [0.717, 1.165) is 28.6 Å². The molecule has 0 saturated heterocycles. The van der Waals surface area contributed by atoms with Crippen LogP contribution in [0.5, 0.6) is 17.2 Å². The molecule has 12 heteroatoms. The third-order valence-corrected chi connectivity index (χ3v) is 6.04. The zero-order valence-electron chi connectivity index (χ0n) is 19.5. The van der Waals surface area contributed by atoms with E-state index in [-0.39, 0.29) is 19.2 Å². The molecule has 0 saturated carbocycles. The lowest BCUT2D eigenvalue weighted by Gasteiger charge is -2.14. The van der Waals surface area contributed by atoms with Crippen LogP contribution in [-0.2, 0) is 11.4 Å². The summed E-state index contributed by atoms with van der Waals surface area (Å²) in [5.74, 6) is 8.08. The first-order valence-corrected chi connectivity index (χ1v) is 11.8. The number of imide groups is 1. The molecular weight excluding hydrogens is 472 g/mol. The van der Waals surface area contributed by atoms with Gasteiger partial charge in [-0.25, -0.2) is 9.47 Å². The maximum atomic E-state index is 12.2. The van der Waals surface area contributed by atoms with Gasteiger partial charge in [-0.05, 0) is 42.2 Å². The van der Waals surface area contributed by atoms with Crippen LogP contribution in [0, 0.1) is 6.92 Å². The number of amides is 3. The number of benzene rings is 2. The number of ether oxygens (including phenoxy) is 3. The van der Waals surface area contributed by atoms with Crippen molar-refractivity contribution in [3.05, 3.63) is 53.3 Å². The standard InChI is InChI=1S/C23H26N6O5S/c1-13(2)16-6-4-14(3)8-18(16)32-10-20-27-28-23(29(20)24)35-11-21(30)26-22(31)25-15-5-7-17-19(9-15)34-12-33-17/h4-9,13H,10-12,24H2,1-3H3,(H2,25,26,30,31). The lowest BCUT2D eigenvalue weighted by molar-refractivity contribution is -0.117. The molecular formula is C23H26N6O5S. The molecule has 35 heavy (non-hydrogen) atoms. The van der Waals surface area contributed by atoms with E-state index in [1.54, 1.807) is 18.2 Å². The molecule has 3 aromatic rings. The average molecular weight is 499 g/mol. The molecule has 184 valence electrons. The summed E-state index contributed by atoms with van der Waals surface area (Å²) in [6, 6.07) is 10.3. The monoisotopic (exact) mass is 498 g/mol. The Balaban J connectivity index is 1.27. The van der Waals surface area contributed by atoms with Crippen LogP contribution < -0.4 is 30.7 Å². The Hall–Kier alpha value is -3.93. The summed E-state index contributed by atoms with van der Waals surface area (Å²) in [5.41, 5.74) is 2.64. The first-order valence-electron chi connectivity index (χ1n) is 10.9. The number of rotatable bonds is 8. The Bertz CT molecular complexity index is 1250. The summed E-state index contributed by atoms with van der Waals surface area (Å²) in [7, 11) is 0. The van der Waals surface area contributed by atoms with E-state index in [0.29, 0.717) is 34.1 Å². The van der Waals surface area contributed by atoms with Crippen LogP contribution in [0.15, 0.2) is 41.6 Å². The van der Waals surface area contributed by atoms with E-state index in [2.05, 4.69) is 34.7 Å². The fourth-order valence-corrected chi connectivity index (χ4v) is 3.99. The number of hydrogen-bond acceptors (Lipinski definition) is 9. The van der Waals surface area contributed by atoms with E-state index in [4.69, 9.17) is 20.1 Å². The van der Waals surface area contributed by atoms with Gasteiger partial charge in [0.15, 0.2) is 17.3 Å². The molecule has 0 atom stereocenters. The molecule has 0 radical (unpaired) electrons. The number of carbonyl (C=O) groups excluding carboxylic acids is 2. The van der Waals surface area contributed by atoms with Crippen molar-refractivity contribution in [2.75, 3.05) is 23.7 Å². The molecule has 2 heterocycles. The van der Waals surface area contributed by atoms with E-state index in [9.17, 15) is 9.59 Å². The molecule has 0 spiro atoms. The zero-order valence-corrected chi connectivity index (χ0v) is 20.3. The summed E-state index contributed by atoms with van der Waals surface area (Å²) < 4.78 is 17.7. The van der Waals surface area contributed by atoms with E-state index >= 15 is 0 Å². The van der Waals surface area contributed by atoms with Gasteiger partial charge in [-0.3, -0.25) is 10.1 Å². The fraction of sp³-hybridized carbons (Fsp3) is 0.304. The van der Waals surface area contributed by atoms with Gasteiger partial charge in [0.05, 0.1) is 5.75 Å². The van der Waals surface area contributed by atoms with Crippen molar-refractivity contribution in [2.45, 2.75) is 38.5 Å². The Morgan fingerprint density at radius 2 is 1.97 bits per heavy atom. The maximum absolute atomic E-state index is 12.2. The summed E-state index contributed by atoms with van der Waals surface area (Å²) in [6.07, 6.45) is 0. The molecule has 11 nitrogen and oxygen atoms in total. The highest BCUT2D eigenvalue weighted by Gasteiger charge is 2.17. The first-order chi connectivity index (χ1) is 16.8. The van der Waals surface area contributed by atoms with Crippen LogP contribution in [-0.4, -0.2) is 39.4 Å². The number of nitrogens with zero attached hydrogens (tertiary/aromatic N) is 3.